The summed E-state index contributed by atoms with van der Waals surface area (Å²) in [7, 11) is 0. The molecule has 0 aliphatic carbocycles. The van der Waals surface area contributed by atoms with E-state index in [0.717, 1.165) is 18.6 Å². The Bertz CT molecular complexity index is 287. The number of aromatic amines is 1. The van der Waals surface area contributed by atoms with Crippen molar-refractivity contribution in [3.05, 3.63) is 16.4 Å². The quantitative estimate of drug-likeness (QED) is 0.343. The Morgan fingerprint density at radius 2 is 2.54 bits per heavy atom. The summed E-state index contributed by atoms with van der Waals surface area (Å²) in [6.45, 7) is 2.08. The Morgan fingerprint density at radius 3 is 3.15 bits per heavy atom. The van der Waals surface area contributed by atoms with Crippen molar-refractivity contribution in [2.24, 2.45) is 0 Å². The summed E-state index contributed by atoms with van der Waals surface area (Å²) in [6, 6.07) is 0. The first kappa shape index (κ1) is 10.0. The number of rotatable bonds is 5. The van der Waals surface area contributed by atoms with Gasteiger partial charge in [-0.2, -0.15) is 0 Å². The molecule has 0 spiro atoms. The second-order valence-corrected chi connectivity index (χ2v) is 3.60. The van der Waals surface area contributed by atoms with Crippen molar-refractivity contribution in [1.82, 2.24) is 9.97 Å². The maximum Gasteiger partial charge on any atom is 0.354 e. The van der Waals surface area contributed by atoms with Crippen molar-refractivity contribution in [2.45, 2.75) is 24.8 Å². The molecule has 0 unspecified atom stereocenters. The topological polar surface area (TPSA) is 71.8 Å². The summed E-state index contributed by atoms with van der Waals surface area (Å²) in [5, 5.41) is 10.9. The van der Waals surface area contributed by atoms with E-state index >= 15 is 0 Å². The average Bonchev–Trinajstić information content (AvgIpc) is 2.53. The molecule has 1 aromatic rings. The number of hydrogen-bond donors (Lipinski definition) is 1. The molecule has 1 N–H and O–H groups in total. The summed E-state index contributed by atoms with van der Waals surface area (Å²) >= 11 is 1.42. The molecule has 0 fully saturated rings. The van der Waals surface area contributed by atoms with Crippen molar-refractivity contribution in [2.75, 3.05) is 5.75 Å². The lowest BCUT2D eigenvalue weighted by atomic mass is 10.4. The van der Waals surface area contributed by atoms with Crippen LogP contribution in [0, 0.1) is 10.1 Å². The van der Waals surface area contributed by atoms with Gasteiger partial charge in [-0.1, -0.05) is 25.1 Å². The zero-order valence-corrected chi connectivity index (χ0v) is 8.13. The molecule has 72 valence electrons. The molecule has 0 atom stereocenters. The molecular formula is C7H11N3O2S. The molecule has 6 heteroatoms. The molecule has 0 aliphatic heterocycles. The minimum absolute atomic E-state index is 0.00102. The molecule has 1 rings (SSSR count). The van der Waals surface area contributed by atoms with Gasteiger partial charge >= 0.3 is 5.82 Å². The number of unbranched alkanes of at least 4 members (excludes halogenated alkanes) is 1. The van der Waals surface area contributed by atoms with E-state index in [1.807, 2.05) is 0 Å². The summed E-state index contributed by atoms with van der Waals surface area (Å²) in [4.78, 5) is 16.4. The van der Waals surface area contributed by atoms with Gasteiger partial charge in [0.25, 0.3) is 0 Å². The summed E-state index contributed by atoms with van der Waals surface area (Å²) < 4.78 is 0. The predicted molar refractivity (Wildman–Crippen MR) is 50.9 cm³/mol. The fourth-order valence-electron chi connectivity index (χ4n) is 0.825. The Labute approximate surface area is 80.1 Å². The second-order valence-electron chi connectivity index (χ2n) is 2.52. The number of nitrogens with zero attached hydrogens (tertiary/aromatic N) is 2. The van der Waals surface area contributed by atoms with Gasteiger partial charge in [-0.15, -0.1) is 0 Å². The predicted octanol–water partition coefficient (Wildman–Crippen LogP) is 2.21. The normalized spacial score (nSPS) is 10.2. The van der Waals surface area contributed by atoms with Gasteiger partial charge in [0.15, 0.2) is 11.4 Å². The summed E-state index contributed by atoms with van der Waals surface area (Å²) in [6.07, 6.45) is 3.49. The van der Waals surface area contributed by atoms with Crippen LogP contribution >= 0.6 is 11.8 Å². The van der Waals surface area contributed by atoms with Crippen molar-refractivity contribution in [1.29, 1.82) is 0 Å². The summed E-state index contributed by atoms with van der Waals surface area (Å²) in [5.41, 5.74) is 0. The van der Waals surface area contributed by atoms with Gasteiger partial charge < -0.3 is 10.1 Å². The van der Waals surface area contributed by atoms with Crippen LogP contribution in [-0.4, -0.2) is 20.6 Å². The number of hydrogen-bond acceptors (Lipinski definition) is 4. The van der Waals surface area contributed by atoms with Crippen LogP contribution in [0.15, 0.2) is 11.4 Å². The summed E-state index contributed by atoms with van der Waals surface area (Å²) in [5.74, 6) is 0.878. The van der Waals surface area contributed by atoms with Crippen molar-refractivity contribution in [3.8, 4) is 0 Å². The van der Waals surface area contributed by atoms with Gasteiger partial charge in [0.05, 0.1) is 0 Å². The molecule has 0 bridgehead atoms. The van der Waals surface area contributed by atoms with E-state index in [9.17, 15) is 10.1 Å². The molecule has 5 nitrogen and oxygen atoms in total. The first-order valence-corrected chi connectivity index (χ1v) is 5.04. The first-order valence-electron chi connectivity index (χ1n) is 4.06. The lowest BCUT2D eigenvalue weighted by Crippen LogP contribution is -1.90. The molecule has 1 heterocycles. The van der Waals surface area contributed by atoms with Gasteiger partial charge in [0.2, 0.25) is 0 Å². The molecule has 13 heavy (non-hydrogen) atoms. The van der Waals surface area contributed by atoms with E-state index in [1.165, 1.54) is 18.1 Å². The molecule has 0 amide bonds. The molecule has 0 saturated heterocycles. The van der Waals surface area contributed by atoms with Crippen LogP contribution < -0.4 is 0 Å². The van der Waals surface area contributed by atoms with Gasteiger partial charge in [0.1, 0.15) is 0 Å². The van der Waals surface area contributed by atoms with E-state index < -0.39 is 4.92 Å². The number of aromatic nitrogens is 2. The highest BCUT2D eigenvalue weighted by atomic mass is 32.2. The maximum absolute atomic E-state index is 10.4. The molecule has 0 aromatic carbocycles. The fourth-order valence-corrected chi connectivity index (χ4v) is 1.85. The van der Waals surface area contributed by atoms with Crippen LogP contribution in [0.2, 0.25) is 0 Å². The standard InChI is InChI=1S/C7H11N3O2S/c1-2-3-4-13-7-6(10(11)12)8-5-9-7/h5H,2-4H2,1H3,(H,8,9). The van der Waals surface area contributed by atoms with E-state index in [0.29, 0.717) is 5.03 Å². The minimum atomic E-state index is -0.443. The third-order valence-electron chi connectivity index (χ3n) is 1.50. The number of nitrogens with one attached hydrogen (secondary N) is 1. The molecule has 1 aromatic heterocycles. The monoisotopic (exact) mass is 201 g/mol. The van der Waals surface area contributed by atoms with Gasteiger partial charge in [0, 0.05) is 0 Å². The number of imidazole rings is 1. The average molecular weight is 201 g/mol. The van der Waals surface area contributed by atoms with Crippen LogP contribution in [0.3, 0.4) is 0 Å². The van der Waals surface area contributed by atoms with Gasteiger partial charge in [-0.25, -0.2) is 9.97 Å². The Kier molecular flexibility index (Phi) is 3.75. The highest BCUT2D eigenvalue weighted by Gasteiger charge is 2.14. The highest BCUT2D eigenvalue weighted by Crippen LogP contribution is 2.25. The van der Waals surface area contributed by atoms with E-state index in [2.05, 4.69) is 16.9 Å². The van der Waals surface area contributed by atoms with E-state index in [4.69, 9.17) is 0 Å². The van der Waals surface area contributed by atoms with Gasteiger partial charge in [-0.3, -0.25) is 0 Å². The lowest BCUT2D eigenvalue weighted by molar-refractivity contribution is -0.392. The van der Waals surface area contributed by atoms with Crippen molar-refractivity contribution < 1.29 is 4.92 Å². The first-order chi connectivity index (χ1) is 6.25. The molecular weight excluding hydrogens is 190 g/mol. The van der Waals surface area contributed by atoms with Crippen molar-refractivity contribution >= 4 is 17.6 Å². The Morgan fingerprint density at radius 1 is 1.77 bits per heavy atom. The van der Waals surface area contributed by atoms with Crippen LogP contribution in [0.1, 0.15) is 19.8 Å². The number of nitro groups is 1. The third-order valence-corrected chi connectivity index (χ3v) is 2.57. The van der Waals surface area contributed by atoms with Crippen LogP contribution in [0.25, 0.3) is 0 Å². The maximum atomic E-state index is 10.4. The molecule has 0 radical (unpaired) electrons. The largest absolute Gasteiger partial charge is 0.358 e. The zero-order chi connectivity index (χ0) is 9.68. The van der Waals surface area contributed by atoms with E-state index in [-0.39, 0.29) is 5.82 Å². The highest BCUT2D eigenvalue weighted by molar-refractivity contribution is 7.99. The SMILES string of the molecule is CCCCSc1nc[nH]c1[N+](=O)[O-]. The third kappa shape index (κ3) is 2.73. The number of thioether (sulfide) groups is 1. The molecule has 0 saturated carbocycles. The second kappa shape index (κ2) is 4.86. The fraction of sp³-hybridized carbons (Fsp3) is 0.571. The van der Waals surface area contributed by atoms with E-state index in [1.54, 1.807) is 0 Å². The Hall–Kier alpha value is -1.04. The number of H-pyrrole nitrogens is 1. The van der Waals surface area contributed by atoms with Crippen LogP contribution in [0.5, 0.6) is 0 Å². The van der Waals surface area contributed by atoms with Gasteiger partial charge in [-0.05, 0) is 17.1 Å². The van der Waals surface area contributed by atoms with Crippen LogP contribution in [-0.2, 0) is 0 Å². The smallest absolute Gasteiger partial charge is 0.354 e. The van der Waals surface area contributed by atoms with Crippen molar-refractivity contribution in [3.63, 3.8) is 0 Å². The zero-order valence-electron chi connectivity index (χ0n) is 7.32. The molecule has 0 aliphatic rings. The minimum Gasteiger partial charge on any atom is -0.358 e. The lowest BCUT2D eigenvalue weighted by Gasteiger charge is -1.96. The van der Waals surface area contributed by atoms with Crippen LogP contribution in [0.4, 0.5) is 5.82 Å². The Balaban J connectivity index is 2.55.